The van der Waals surface area contributed by atoms with Gasteiger partial charge in [-0.3, -0.25) is 9.59 Å². The zero-order valence-corrected chi connectivity index (χ0v) is 10.1. The summed E-state index contributed by atoms with van der Waals surface area (Å²) in [5.74, 6) is -1.70. The normalized spacial score (nSPS) is 15.9. The number of halogens is 1. The highest BCUT2D eigenvalue weighted by Gasteiger charge is 2.32. The van der Waals surface area contributed by atoms with Gasteiger partial charge in [0.05, 0.1) is 6.61 Å². The second kappa shape index (κ2) is 6.01. The smallest absolute Gasteiger partial charge is 0.358 e. The molecule has 6 nitrogen and oxygen atoms in total. The van der Waals surface area contributed by atoms with E-state index in [1.807, 2.05) is 0 Å². The number of hydrogen-bond donors (Lipinski definition) is 0. The molecule has 1 heterocycles. The van der Waals surface area contributed by atoms with E-state index in [0.717, 1.165) is 4.43 Å². The molecule has 0 aromatic rings. The molecule has 0 N–H and O–H groups in total. The molecule has 1 aliphatic rings. The second-order valence-corrected chi connectivity index (χ2v) is 3.87. The van der Waals surface area contributed by atoms with Crippen LogP contribution in [0.3, 0.4) is 0 Å². The maximum absolute atomic E-state index is 11.1. The van der Waals surface area contributed by atoms with Gasteiger partial charge in [0, 0.05) is 17.3 Å². The van der Waals surface area contributed by atoms with Crippen LogP contribution < -0.4 is 0 Å². The topological polar surface area (TPSA) is 72.9 Å². The predicted molar refractivity (Wildman–Crippen MR) is 56.9 cm³/mol. The van der Waals surface area contributed by atoms with Crippen molar-refractivity contribution in [3.63, 3.8) is 0 Å². The number of hydroxylamine groups is 2. The lowest BCUT2D eigenvalue weighted by Crippen LogP contribution is -2.33. The van der Waals surface area contributed by atoms with Gasteiger partial charge in [0.1, 0.15) is 6.61 Å². The third-order valence-electron chi connectivity index (χ3n) is 1.64. The molecule has 0 aromatic carbocycles. The van der Waals surface area contributed by atoms with Crippen molar-refractivity contribution in [3.8, 4) is 0 Å². The molecule has 15 heavy (non-hydrogen) atoms. The van der Waals surface area contributed by atoms with E-state index >= 15 is 0 Å². The SMILES string of the molecule is O=C(COCCI)ON1C(=O)CCC1=O. The lowest BCUT2D eigenvalue weighted by molar-refractivity contribution is -0.200. The Bertz CT molecular complexity index is 264. The fraction of sp³-hybridized carbons (Fsp3) is 0.625. The fourth-order valence-electron chi connectivity index (χ4n) is 0.996. The molecule has 1 fully saturated rings. The number of nitrogens with zero attached hydrogens (tertiary/aromatic N) is 1. The van der Waals surface area contributed by atoms with Gasteiger partial charge < -0.3 is 9.57 Å². The van der Waals surface area contributed by atoms with Gasteiger partial charge in [0.15, 0.2) is 0 Å². The molecule has 0 saturated carbocycles. The van der Waals surface area contributed by atoms with Crippen LogP contribution in [0.2, 0.25) is 0 Å². The second-order valence-electron chi connectivity index (χ2n) is 2.79. The molecule has 1 rings (SSSR count). The molecule has 0 bridgehead atoms. The Morgan fingerprint density at radius 3 is 2.47 bits per heavy atom. The van der Waals surface area contributed by atoms with Crippen LogP contribution in [0.5, 0.6) is 0 Å². The van der Waals surface area contributed by atoms with Crippen molar-refractivity contribution >= 4 is 40.4 Å². The maximum atomic E-state index is 11.1. The van der Waals surface area contributed by atoms with Gasteiger partial charge in [0.2, 0.25) is 0 Å². The summed E-state index contributed by atoms with van der Waals surface area (Å²) in [4.78, 5) is 37.7. The number of hydrogen-bond acceptors (Lipinski definition) is 5. The first-order chi connectivity index (χ1) is 7.15. The Morgan fingerprint density at radius 2 is 1.93 bits per heavy atom. The minimum Gasteiger partial charge on any atom is -0.369 e. The molecular formula is C8H10INO5. The van der Waals surface area contributed by atoms with Crippen LogP contribution in [-0.4, -0.2) is 40.5 Å². The number of alkyl halides is 1. The maximum Gasteiger partial charge on any atom is 0.358 e. The highest BCUT2D eigenvalue weighted by molar-refractivity contribution is 14.1. The molecule has 7 heteroatoms. The van der Waals surface area contributed by atoms with E-state index in [4.69, 9.17) is 4.74 Å². The number of carbonyl (C=O) groups is 3. The molecule has 2 amide bonds. The molecule has 1 saturated heterocycles. The Hall–Kier alpha value is -0.700. The van der Waals surface area contributed by atoms with Gasteiger partial charge in [-0.2, -0.15) is 0 Å². The minimum absolute atomic E-state index is 0.0979. The van der Waals surface area contributed by atoms with Crippen LogP contribution in [-0.2, 0) is 24.0 Å². The monoisotopic (exact) mass is 327 g/mol. The van der Waals surface area contributed by atoms with E-state index in [2.05, 4.69) is 27.4 Å². The number of carbonyl (C=O) groups excluding carboxylic acids is 3. The Morgan fingerprint density at radius 1 is 1.33 bits per heavy atom. The number of amides is 2. The van der Waals surface area contributed by atoms with Gasteiger partial charge in [-0.15, -0.1) is 5.06 Å². The van der Waals surface area contributed by atoms with E-state index in [-0.39, 0.29) is 19.4 Å². The fourth-order valence-corrected chi connectivity index (χ4v) is 1.31. The summed E-state index contributed by atoms with van der Waals surface area (Å²) in [7, 11) is 0. The van der Waals surface area contributed by atoms with Gasteiger partial charge >= 0.3 is 5.97 Å². The summed E-state index contributed by atoms with van der Waals surface area (Å²) < 4.78 is 5.65. The van der Waals surface area contributed by atoms with Crippen molar-refractivity contribution < 1.29 is 24.0 Å². The van der Waals surface area contributed by atoms with E-state index in [9.17, 15) is 14.4 Å². The molecule has 0 unspecified atom stereocenters. The van der Waals surface area contributed by atoms with Crippen molar-refractivity contribution in [1.82, 2.24) is 5.06 Å². The summed E-state index contributed by atoms with van der Waals surface area (Å²) in [6, 6.07) is 0. The molecule has 0 radical (unpaired) electrons. The summed E-state index contributed by atoms with van der Waals surface area (Å²) in [6.45, 7) is 0.178. The molecule has 84 valence electrons. The van der Waals surface area contributed by atoms with Crippen molar-refractivity contribution in [3.05, 3.63) is 0 Å². The zero-order valence-electron chi connectivity index (χ0n) is 7.90. The van der Waals surface area contributed by atoms with Crippen molar-refractivity contribution in [2.75, 3.05) is 17.6 Å². The van der Waals surface area contributed by atoms with E-state index < -0.39 is 17.8 Å². The Kier molecular flexibility index (Phi) is 4.95. The van der Waals surface area contributed by atoms with E-state index in [1.165, 1.54) is 0 Å². The molecule has 0 spiro atoms. The first-order valence-electron chi connectivity index (χ1n) is 4.35. The highest BCUT2D eigenvalue weighted by atomic mass is 127. The third kappa shape index (κ3) is 3.74. The average Bonchev–Trinajstić information content (AvgIpc) is 2.50. The summed E-state index contributed by atoms with van der Waals surface area (Å²) >= 11 is 2.10. The molecule has 1 aliphatic heterocycles. The predicted octanol–water partition coefficient (Wildman–Crippen LogP) is 0.0452. The first kappa shape index (κ1) is 12.4. The van der Waals surface area contributed by atoms with E-state index in [0.29, 0.717) is 11.7 Å². The van der Waals surface area contributed by atoms with Crippen LogP contribution in [0.1, 0.15) is 12.8 Å². The molecular weight excluding hydrogens is 317 g/mol. The summed E-state index contributed by atoms with van der Waals surface area (Å²) in [6.07, 6.45) is 0.196. The van der Waals surface area contributed by atoms with Crippen LogP contribution in [0.25, 0.3) is 0 Å². The van der Waals surface area contributed by atoms with Crippen LogP contribution in [0.4, 0.5) is 0 Å². The van der Waals surface area contributed by atoms with Crippen LogP contribution in [0.15, 0.2) is 0 Å². The largest absolute Gasteiger partial charge is 0.369 e. The Balaban J connectivity index is 2.31. The standard InChI is InChI=1S/C8H10INO5/c9-3-4-14-5-8(13)15-10-6(11)1-2-7(10)12/h1-5H2. The minimum atomic E-state index is -0.733. The van der Waals surface area contributed by atoms with Gasteiger partial charge in [-0.05, 0) is 0 Å². The quantitative estimate of drug-likeness (QED) is 0.309. The van der Waals surface area contributed by atoms with E-state index in [1.54, 1.807) is 0 Å². The van der Waals surface area contributed by atoms with Crippen LogP contribution in [0, 0.1) is 0 Å². The first-order valence-corrected chi connectivity index (χ1v) is 5.88. The molecule has 0 aromatic heterocycles. The summed E-state index contributed by atoms with van der Waals surface area (Å²) in [5, 5.41) is 0.510. The van der Waals surface area contributed by atoms with Crippen LogP contribution >= 0.6 is 22.6 Å². The van der Waals surface area contributed by atoms with Crippen molar-refractivity contribution in [2.45, 2.75) is 12.8 Å². The lowest BCUT2D eigenvalue weighted by Gasteiger charge is -2.12. The number of ether oxygens (including phenoxy) is 1. The lowest BCUT2D eigenvalue weighted by atomic mass is 10.4. The van der Waals surface area contributed by atoms with Gasteiger partial charge in [-0.25, -0.2) is 4.79 Å². The summed E-state index contributed by atoms with van der Waals surface area (Å²) in [5.41, 5.74) is 0. The van der Waals surface area contributed by atoms with Crippen molar-refractivity contribution in [1.29, 1.82) is 0 Å². The Labute approximate surface area is 100.0 Å². The van der Waals surface area contributed by atoms with Gasteiger partial charge in [0.25, 0.3) is 11.8 Å². The molecule has 0 aliphatic carbocycles. The number of imide groups is 1. The molecule has 0 atom stereocenters. The van der Waals surface area contributed by atoms with Crippen molar-refractivity contribution in [2.24, 2.45) is 0 Å². The van der Waals surface area contributed by atoms with Gasteiger partial charge in [-0.1, -0.05) is 22.6 Å². The number of rotatable bonds is 5. The zero-order chi connectivity index (χ0) is 11.3. The highest BCUT2D eigenvalue weighted by Crippen LogP contribution is 2.11. The third-order valence-corrected chi connectivity index (χ3v) is 2.08. The average molecular weight is 327 g/mol.